The number of carbonyl (C=O) groups is 4. The lowest BCUT2D eigenvalue weighted by atomic mass is 10.0. The normalized spacial score (nSPS) is 17.5. The highest BCUT2D eigenvalue weighted by atomic mass is 16.6. The third-order valence-corrected chi connectivity index (χ3v) is 11.4. The van der Waals surface area contributed by atoms with Gasteiger partial charge < -0.3 is 39.9 Å². The zero-order valence-electron chi connectivity index (χ0n) is 37.2. The van der Waals surface area contributed by atoms with Crippen molar-refractivity contribution in [2.45, 2.75) is 103 Å². The molecule has 2 aliphatic heterocycles. The van der Waals surface area contributed by atoms with Crippen molar-refractivity contribution in [2.24, 2.45) is 0 Å². The monoisotopic (exact) mass is 864 g/mol. The van der Waals surface area contributed by atoms with Crippen LogP contribution in [0.4, 0.5) is 9.59 Å². The van der Waals surface area contributed by atoms with Crippen LogP contribution in [0.2, 0.25) is 0 Å². The van der Waals surface area contributed by atoms with Crippen molar-refractivity contribution in [3.63, 3.8) is 0 Å². The van der Waals surface area contributed by atoms with E-state index in [0.29, 0.717) is 35.9 Å². The predicted molar refractivity (Wildman–Crippen MR) is 244 cm³/mol. The molecule has 2 saturated heterocycles. The SMILES string of the molecule is CC(C)(C)OC(=O)N[C@@H](C(=O)N1CCCC1c1ncc(-c2ccc(-c3ccc4nc([C@@H]5CCCN5C(=O)[C@H](NC(=O)OC(C)(C)C)c5ccccc5)[nH]c4c3)cc2)[nH]1)c1ccccc1. The molecule has 4 aromatic carbocycles. The third-order valence-electron chi connectivity index (χ3n) is 11.4. The molecule has 4 N–H and O–H groups in total. The van der Waals surface area contributed by atoms with Crippen LogP contribution in [-0.2, 0) is 19.1 Å². The van der Waals surface area contributed by atoms with E-state index in [-0.39, 0.29) is 23.9 Å². The second-order valence-electron chi connectivity index (χ2n) is 18.5. The maximum absolute atomic E-state index is 14.2. The molecular weight excluding hydrogens is 809 g/mol. The summed E-state index contributed by atoms with van der Waals surface area (Å²) < 4.78 is 11.1. The van der Waals surface area contributed by atoms with Crippen LogP contribution >= 0.6 is 0 Å². The van der Waals surface area contributed by atoms with Crippen LogP contribution in [0, 0.1) is 0 Å². The van der Waals surface area contributed by atoms with E-state index < -0.39 is 35.5 Å². The topological polar surface area (TPSA) is 175 Å². The first kappa shape index (κ1) is 43.7. The number of ether oxygens (including phenoxy) is 2. The van der Waals surface area contributed by atoms with Gasteiger partial charge in [0.2, 0.25) is 0 Å². The Hall–Kier alpha value is -6.96. The number of rotatable bonds is 10. The van der Waals surface area contributed by atoms with Gasteiger partial charge in [-0.2, -0.15) is 0 Å². The van der Waals surface area contributed by atoms with Crippen LogP contribution in [0.1, 0.15) is 114 Å². The number of imidazole rings is 2. The number of benzene rings is 4. The smallest absolute Gasteiger partial charge is 0.408 e. The van der Waals surface area contributed by atoms with Crippen molar-refractivity contribution < 1.29 is 28.7 Å². The van der Waals surface area contributed by atoms with Crippen LogP contribution in [-0.4, -0.2) is 78.0 Å². The van der Waals surface area contributed by atoms with E-state index in [1.165, 1.54) is 0 Å². The zero-order valence-corrected chi connectivity index (χ0v) is 37.2. The standard InChI is InChI=1S/C50H56N8O6/c1-49(2,3)63-47(61)55-41(33-15-9-7-10-16-33)45(59)57-27-13-19-39(57)43-51-30-38(54-43)32-23-21-31(22-24-32)35-25-26-36-37(29-35)53-44(52-36)40-20-14-28-58(40)46(60)42(34-17-11-8-12-18-34)56-48(62)64-50(4,5)6/h7-12,15-18,21-26,29-30,39-42H,13-14,19-20,27-28H2,1-6H3,(H,51,54)(H,52,53)(H,55,61)(H,56,62)/t39?,40-,41+,42+/m0/s1. The molecule has 4 amide bonds. The maximum atomic E-state index is 14.2. The molecular formula is C50H56N8O6. The highest BCUT2D eigenvalue weighted by Crippen LogP contribution is 2.37. The summed E-state index contributed by atoms with van der Waals surface area (Å²) in [6.45, 7) is 11.8. The third kappa shape index (κ3) is 9.96. The fourth-order valence-electron chi connectivity index (χ4n) is 8.54. The molecule has 4 heterocycles. The Morgan fingerprint density at radius 2 is 1.11 bits per heavy atom. The average Bonchev–Trinajstić information content (AvgIpc) is 4.10. The summed E-state index contributed by atoms with van der Waals surface area (Å²) >= 11 is 0. The van der Waals surface area contributed by atoms with Crippen molar-refractivity contribution in [3.8, 4) is 22.4 Å². The van der Waals surface area contributed by atoms with Crippen LogP contribution in [0.25, 0.3) is 33.4 Å². The Morgan fingerprint density at radius 3 is 1.62 bits per heavy atom. The van der Waals surface area contributed by atoms with E-state index in [0.717, 1.165) is 59.1 Å². The number of alkyl carbamates (subject to hydrolysis) is 2. The number of hydrogen-bond donors (Lipinski definition) is 4. The van der Waals surface area contributed by atoms with Gasteiger partial charge in [0, 0.05) is 13.1 Å². The van der Waals surface area contributed by atoms with Crippen molar-refractivity contribution in [1.29, 1.82) is 0 Å². The van der Waals surface area contributed by atoms with Gasteiger partial charge in [0.25, 0.3) is 11.8 Å². The van der Waals surface area contributed by atoms with Gasteiger partial charge in [0.15, 0.2) is 0 Å². The van der Waals surface area contributed by atoms with Crippen LogP contribution in [0.15, 0.2) is 109 Å². The van der Waals surface area contributed by atoms with Crippen molar-refractivity contribution in [2.75, 3.05) is 13.1 Å². The Kier molecular flexibility index (Phi) is 12.3. The molecule has 2 fully saturated rings. The van der Waals surface area contributed by atoms with E-state index >= 15 is 0 Å². The maximum Gasteiger partial charge on any atom is 0.408 e. The van der Waals surface area contributed by atoms with Crippen LogP contribution < -0.4 is 10.6 Å². The molecule has 0 radical (unpaired) electrons. The summed E-state index contributed by atoms with van der Waals surface area (Å²) in [6.07, 6.45) is 3.56. The number of carbonyl (C=O) groups excluding carboxylic acids is 4. The summed E-state index contributed by atoms with van der Waals surface area (Å²) in [5.74, 6) is 0.946. The van der Waals surface area contributed by atoms with Gasteiger partial charge in [-0.15, -0.1) is 0 Å². The number of amides is 4. The molecule has 0 aliphatic carbocycles. The molecule has 6 aromatic rings. The minimum Gasteiger partial charge on any atom is -0.444 e. The molecule has 0 spiro atoms. The quantitative estimate of drug-likeness (QED) is 0.105. The number of H-pyrrole nitrogens is 2. The Morgan fingerprint density at radius 1 is 0.625 bits per heavy atom. The van der Waals surface area contributed by atoms with Crippen LogP contribution in [0.5, 0.6) is 0 Å². The zero-order chi connectivity index (χ0) is 45.2. The summed E-state index contributed by atoms with van der Waals surface area (Å²) in [4.78, 5) is 74.5. The van der Waals surface area contributed by atoms with Gasteiger partial charge in [0.05, 0.1) is 35.0 Å². The van der Waals surface area contributed by atoms with E-state index in [4.69, 9.17) is 19.4 Å². The van der Waals surface area contributed by atoms with Crippen molar-refractivity contribution >= 4 is 35.0 Å². The van der Waals surface area contributed by atoms with E-state index in [1.54, 1.807) is 57.5 Å². The number of fused-ring (bicyclic) bond motifs is 1. The highest BCUT2D eigenvalue weighted by Gasteiger charge is 2.39. The van der Waals surface area contributed by atoms with Gasteiger partial charge in [-0.05, 0) is 107 Å². The summed E-state index contributed by atoms with van der Waals surface area (Å²) in [5, 5.41) is 5.64. The van der Waals surface area contributed by atoms with E-state index in [9.17, 15) is 19.2 Å². The Labute approximate surface area is 373 Å². The molecule has 332 valence electrons. The number of likely N-dealkylation sites (tertiary alicyclic amines) is 2. The number of aromatic nitrogens is 4. The largest absolute Gasteiger partial charge is 0.444 e. The summed E-state index contributed by atoms with van der Waals surface area (Å²) in [6, 6.07) is 30.3. The van der Waals surface area contributed by atoms with Crippen molar-refractivity contribution in [1.82, 2.24) is 40.4 Å². The number of hydrogen-bond acceptors (Lipinski definition) is 8. The molecule has 0 saturated carbocycles. The Bertz CT molecular complexity index is 2610. The second kappa shape index (κ2) is 18.0. The molecule has 4 atom stereocenters. The fraction of sp³-hybridized carbons (Fsp3) is 0.360. The molecule has 2 aromatic heterocycles. The molecule has 14 nitrogen and oxygen atoms in total. The van der Waals surface area contributed by atoms with Crippen LogP contribution in [0.3, 0.4) is 0 Å². The molecule has 1 unspecified atom stereocenters. The lowest BCUT2D eigenvalue weighted by molar-refractivity contribution is -0.135. The lowest BCUT2D eigenvalue weighted by Gasteiger charge is -2.29. The first-order valence-electron chi connectivity index (χ1n) is 22.0. The first-order chi connectivity index (χ1) is 30.6. The minimum absolute atomic E-state index is 0.219. The molecule has 8 rings (SSSR count). The number of aromatic amines is 2. The molecule has 0 bridgehead atoms. The van der Waals surface area contributed by atoms with Gasteiger partial charge >= 0.3 is 12.2 Å². The highest BCUT2D eigenvalue weighted by molar-refractivity contribution is 5.89. The number of nitrogens with one attached hydrogen (secondary N) is 4. The summed E-state index contributed by atoms with van der Waals surface area (Å²) in [7, 11) is 0. The summed E-state index contributed by atoms with van der Waals surface area (Å²) in [5.41, 5.74) is 5.34. The second-order valence-corrected chi connectivity index (χ2v) is 18.5. The van der Waals surface area contributed by atoms with E-state index in [1.807, 2.05) is 84.9 Å². The van der Waals surface area contributed by atoms with E-state index in [2.05, 4.69) is 38.8 Å². The molecule has 14 heteroatoms. The van der Waals surface area contributed by atoms with Gasteiger partial charge in [-0.1, -0.05) is 91.0 Å². The molecule has 2 aliphatic rings. The lowest BCUT2D eigenvalue weighted by Crippen LogP contribution is -2.44. The van der Waals surface area contributed by atoms with Gasteiger partial charge in [-0.25, -0.2) is 19.6 Å². The Balaban J connectivity index is 0.963. The van der Waals surface area contributed by atoms with Gasteiger partial charge in [-0.3, -0.25) is 9.59 Å². The fourth-order valence-corrected chi connectivity index (χ4v) is 8.54. The minimum atomic E-state index is -0.918. The number of nitrogens with zero attached hydrogens (tertiary/aromatic N) is 4. The van der Waals surface area contributed by atoms with Gasteiger partial charge in [0.1, 0.15) is 34.9 Å². The van der Waals surface area contributed by atoms with Crippen molar-refractivity contribution in [3.05, 3.63) is 132 Å². The first-order valence-corrected chi connectivity index (χ1v) is 22.0. The molecule has 64 heavy (non-hydrogen) atoms. The average molecular weight is 865 g/mol. The predicted octanol–water partition coefficient (Wildman–Crippen LogP) is 9.48.